The molecule has 1 unspecified atom stereocenters. The van der Waals surface area contributed by atoms with Crippen molar-refractivity contribution in [3.8, 4) is 17.2 Å². The second-order valence-electron chi connectivity index (χ2n) is 4.65. The van der Waals surface area contributed by atoms with Gasteiger partial charge >= 0.3 is 0 Å². The normalized spacial score (nSPS) is 11.7. The summed E-state index contributed by atoms with van der Waals surface area (Å²) in [5, 5.41) is 11.7. The van der Waals surface area contributed by atoms with Gasteiger partial charge in [0.05, 0.1) is 26.9 Å². The minimum atomic E-state index is -0.252. The van der Waals surface area contributed by atoms with E-state index in [1.165, 1.54) is 21.3 Å². The van der Waals surface area contributed by atoms with E-state index in [2.05, 4.69) is 5.32 Å². The lowest BCUT2D eigenvalue weighted by Crippen LogP contribution is -2.33. The molecule has 6 nitrogen and oxygen atoms in total. The molecule has 21 heavy (non-hydrogen) atoms. The van der Waals surface area contributed by atoms with Crippen LogP contribution in [0.5, 0.6) is 17.2 Å². The van der Waals surface area contributed by atoms with Crippen molar-refractivity contribution in [3.63, 3.8) is 0 Å². The Morgan fingerprint density at radius 3 is 2.24 bits per heavy atom. The largest absolute Gasteiger partial charge is 0.496 e. The van der Waals surface area contributed by atoms with Gasteiger partial charge in [-0.25, -0.2) is 0 Å². The van der Waals surface area contributed by atoms with Gasteiger partial charge in [0.2, 0.25) is 0 Å². The van der Waals surface area contributed by atoms with Gasteiger partial charge < -0.3 is 24.6 Å². The predicted molar refractivity (Wildman–Crippen MR) is 79.3 cm³/mol. The summed E-state index contributed by atoms with van der Waals surface area (Å²) in [6.07, 6.45) is 1.35. The Labute approximate surface area is 125 Å². The van der Waals surface area contributed by atoms with E-state index in [0.717, 1.165) is 0 Å². The second-order valence-corrected chi connectivity index (χ2v) is 4.65. The van der Waals surface area contributed by atoms with E-state index in [-0.39, 0.29) is 18.6 Å². The first-order chi connectivity index (χ1) is 10.1. The van der Waals surface area contributed by atoms with Gasteiger partial charge in [-0.3, -0.25) is 4.79 Å². The van der Waals surface area contributed by atoms with Crippen molar-refractivity contribution in [2.75, 3.05) is 27.9 Å². The average Bonchev–Trinajstić information content (AvgIpc) is 2.51. The molecule has 0 saturated carbocycles. The molecule has 0 saturated heterocycles. The van der Waals surface area contributed by atoms with Crippen LogP contribution in [0.2, 0.25) is 0 Å². The van der Waals surface area contributed by atoms with Crippen molar-refractivity contribution in [1.82, 2.24) is 5.32 Å². The zero-order valence-electron chi connectivity index (χ0n) is 12.9. The molecule has 0 fully saturated rings. The summed E-state index contributed by atoms with van der Waals surface area (Å²) >= 11 is 0. The molecule has 0 aliphatic rings. The second kappa shape index (κ2) is 8.36. The molecule has 0 aromatic heterocycles. The molecule has 1 atom stereocenters. The van der Waals surface area contributed by atoms with Crippen molar-refractivity contribution in [2.24, 2.45) is 0 Å². The predicted octanol–water partition coefficient (Wildman–Crippen LogP) is 1.60. The van der Waals surface area contributed by atoms with E-state index in [1.807, 2.05) is 6.92 Å². The van der Waals surface area contributed by atoms with Crippen LogP contribution in [-0.4, -0.2) is 45.0 Å². The number of aliphatic hydroxyl groups is 1. The van der Waals surface area contributed by atoms with Crippen LogP contribution in [0, 0.1) is 0 Å². The number of aliphatic hydroxyl groups excluding tert-OH is 1. The number of rotatable bonds is 8. The van der Waals surface area contributed by atoms with Crippen molar-refractivity contribution in [1.29, 1.82) is 0 Å². The molecule has 6 heteroatoms. The number of nitrogens with one attached hydrogen (secondary N) is 1. The van der Waals surface area contributed by atoms with Crippen molar-refractivity contribution >= 4 is 5.91 Å². The van der Waals surface area contributed by atoms with Crippen LogP contribution in [0.15, 0.2) is 12.1 Å². The van der Waals surface area contributed by atoms with Gasteiger partial charge in [-0.05, 0) is 19.8 Å². The highest BCUT2D eigenvalue weighted by Crippen LogP contribution is 2.34. The van der Waals surface area contributed by atoms with Gasteiger partial charge in [0.25, 0.3) is 5.91 Å². The van der Waals surface area contributed by atoms with Crippen LogP contribution in [0.4, 0.5) is 0 Å². The maximum Gasteiger partial charge on any atom is 0.255 e. The zero-order chi connectivity index (χ0) is 15.8. The highest BCUT2D eigenvalue weighted by molar-refractivity contribution is 5.98. The summed E-state index contributed by atoms with van der Waals surface area (Å²) in [5.41, 5.74) is 0.381. The summed E-state index contributed by atoms with van der Waals surface area (Å²) in [5.74, 6) is 1.13. The first-order valence-electron chi connectivity index (χ1n) is 6.79. The van der Waals surface area contributed by atoms with Crippen molar-refractivity contribution in [3.05, 3.63) is 17.7 Å². The van der Waals surface area contributed by atoms with E-state index in [9.17, 15) is 4.79 Å². The van der Waals surface area contributed by atoms with E-state index >= 15 is 0 Å². The Morgan fingerprint density at radius 1 is 1.14 bits per heavy atom. The molecular formula is C15H23NO5. The van der Waals surface area contributed by atoms with Crippen LogP contribution in [-0.2, 0) is 0 Å². The van der Waals surface area contributed by atoms with E-state index in [1.54, 1.807) is 12.1 Å². The summed E-state index contributed by atoms with van der Waals surface area (Å²) in [7, 11) is 4.52. The van der Waals surface area contributed by atoms with Gasteiger partial charge in [-0.1, -0.05) is 0 Å². The molecule has 0 aliphatic heterocycles. The van der Waals surface area contributed by atoms with Gasteiger partial charge in [-0.15, -0.1) is 0 Å². The minimum absolute atomic E-state index is 0.0394. The van der Waals surface area contributed by atoms with Gasteiger partial charge in [0, 0.05) is 24.8 Å². The standard InChI is InChI=1S/C15H23NO5/c1-10(6-5-7-17)16-15(18)11-8-13(20-3)14(21-4)9-12(11)19-2/h8-10,17H,5-7H2,1-4H3,(H,16,18). The maximum atomic E-state index is 12.3. The fourth-order valence-corrected chi connectivity index (χ4v) is 1.98. The van der Waals surface area contributed by atoms with E-state index in [4.69, 9.17) is 19.3 Å². The van der Waals surface area contributed by atoms with Crippen LogP contribution < -0.4 is 19.5 Å². The fraction of sp³-hybridized carbons (Fsp3) is 0.533. The Hall–Kier alpha value is -1.95. The number of hydrogen-bond donors (Lipinski definition) is 2. The molecule has 0 bridgehead atoms. The molecule has 118 valence electrons. The van der Waals surface area contributed by atoms with Crippen LogP contribution in [0.25, 0.3) is 0 Å². The van der Waals surface area contributed by atoms with Crippen molar-refractivity contribution < 1.29 is 24.1 Å². The topological polar surface area (TPSA) is 77.0 Å². The number of ether oxygens (including phenoxy) is 3. The Bertz CT molecular complexity index is 475. The molecule has 1 amide bonds. The number of hydrogen-bond acceptors (Lipinski definition) is 5. The van der Waals surface area contributed by atoms with Crippen molar-refractivity contribution in [2.45, 2.75) is 25.8 Å². The molecule has 2 N–H and O–H groups in total. The molecular weight excluding hydrogens is 274 g/mol. The Balaban J connectivity index is 2.97. The Morgan fingerprint density at radius 2 is 1.71 bits per heavy atom. The SMILES string of the molecule is COc1cc(OC)c(C(=O)NC(C)CCCO)cc1OC. The first kappa shape index (κ1) is 17.1. The highest BCUT2D eigenvalue weighted by Gasteiger charge is 2.18. The van der Waals surface area contributed by atoms with E-state index in [0.29, 0.717) is 35.7 Å². The third-order valence-electron chi connectivity index (χ3n) is 3.12. The quantitative estimate of drug-likeness (QED) is 0.762. The molecule has 0 heterocycles. The monoisotopic (exact) mass is 297 g/mol. The van der Waals surface area contributed by atoms with Gasteiger partial charge in [-0.2, -0.15) is 0 Å². The van der Waals surface area contributed by atoms with Crippen LogP contribution in [0.3, 0.4) is 0 Å². The van der Waals surface area contributed by atoms with E-state index < -0.39 is 0 Å². The molecule has 0 aliphatic carbocycles. The van der Waals surface area contributed by atoms with Gasteiger partial charge in [0.15, 0.2) is 11.5 Å². The third-order valence-corrected chi connectivity index (χ3v) is 3.12. The minimum Gasteiger partial charge on any atom is -0.496 e. The average molecular weight is 297 g/mol. The maximum absolute atomic E-state index is 12.3. The molecule has 1 aromatic carbocycles. The Kier molecular flexibility index (Phi) is 6.81. The number of carbonyl (C=O) groups excluding carboxylic acids is 1. The van der Waals surface area contributed by atoms with Crippen LogP contribution >= 0.6 is 0 Å². The third kappa shape index (κ3) is 4.53. The van der Waals surface area contributed by atoms with Crippen LogP contribution in [0.1, 0.15) is 30.1 Å². The summed E-state index contributed by atoms with van der Waals surface area (Å²) in [6.45, 7) is 2.00. The summed E-state index contributed by atoms with van der Waals surface area (Å²) in [4.78, 5) is 12.3. The molecule has 1 rings (SSSR count). The number of carbonyl (C=O) groups is 1. The smallest absolute Gasteiger partial charge is 0.255 e. The summed E-state index contributed by atoms with van der Waals surface area (Å²) < 4.78 is 15.6. The molecule has 0 spiro atoms. The summed E-state index contributed by atoms with van der Waals surface area (Å²) in [6, 6.07) is 3.17. The first-order valence-corrected chi connectivity index (χ1v) is 6.79. The highest BCUT2D eigenvalue weighted by atomic mass is 16.5. The molecule has 1 aromatic rings. The zero-order valence-corrected chi connectivity index (χ0v) is 12.9. The lowest BCUT2D eigenvalue weighted by atomic mass is 10.1. The van der Waals surface area contributed by atoms with Gasteiger partial charge in [0.1, 0.15) is 5.75 Å². The number of methoxy groups -OCH3 is 3. The number of benzene rings is 1. The number of amides is 1. The molecule has 0 radical (unpaired) electrons. The lowest BCUT2D eigenvalue weighted by Gasteiger charge is -2.17. The lowest BCUT2D eigenvalue weighted by molar-refractivity contribution is 0.0933. The fourth-order valence-electron chi connectivity index (χ4n) is 1.98.